The number of hydrogen-bond acceptors (Lipinski definition) is 2. The lowest BCUT2D eigenvalue weighted by atomic mass is 10.0. The van der Waals surface area contributed by atoms with Crippen molar-refractivity contribution >= 4 is 28.1 Å². The molecule has 0 atom stereocenters. The van der Waals surface area contributed by atoms with Gasteiger partial charge < -0.3 is 5.32 Å². The predicted molar refractivity (Wildman–Crippen MR) is 93.4 cm³/mol. The Kier molecular flexibility index (Phi) is 4.76. The van der Waals surface area contributed by atoms with Crippen molar-refractivity contribution in [3.63, 3.8) is 0 Å². The maximum Gasteiger partial charge on any atom is 0.324 e. The van der Waals surface area contributed by atoms with E-state index in [-0.39, 0.29) is 5.69 Å². The van der Waals surface area contributed by atoms with Crippen molar-refractivity contribution in [1.29, 1.82) is 0 Å². The normalized spacial score (nSPS) is 10.6. The zero-order chi connectivity index (χ0) is 18.0. The smallest absolute Gasteiger partial charge is 0.305 e. The Hall–Kier alpha value is -2.80. The number of nitrogens with one attached hydrogen (secondary N) is 2. The fourth-order valence-electron chi connectivity index (χ4n) is 2.24. The van der Waals surface area contributed by atoms with Gasteiger partial charge in [0.1, 0.15) is 5.82 Å². The molecule has 1 aromatic heterocycles. The number of hydrogen-bond donors (Lipinski definition) is 2. The Morgan fingerprint density at radius 2 is 1.52 bits per heavy atom. The molecule has 3 rings (SSSR count). The van der Waals surface area contributed by atoms with E-state index in [9.17, 15) is 18.0 Å². The van der Waals surface area contributed by atoms with Crippen molar-refractivity contribution in [2.24, 2.45) is 0 Å². The number of thiophene rings is 1. The van der Waals surface area contributed by atoms with Crippen molar-refractivity contribution in [2.45, 2.75) is 6.92 Å². The van der Waals surface area contributed by atoms with Gasteiger partial charge in [-0.25, -0.2) is 18.0 Å². The molecule has 2 N–H and O–H groups in total. The number of carbonyl (C=O) groups excluding carboxylic acids is 1. The third-order valence-electron chi connectivity index (χ3n) is 3.45. The van der Waals surface area contributed by atoms with E-state index < -0.39 is 23.5 Å². The predicted octanol–water partition coefficient (Wildman–Crippen LogP) is 5.78. The molecule has 3 aromatic rings. The molecule has 7 heteroatoms. The number of urea groups is 1. The molecule has 0 saturated heterocycles. The van der Waals surface area contributed by atoms with Crippen LogP contribution in [-0.4, -0.2) is 6.03 Å². The van der Waals surface area contributed by atoms with Gasteiger partial charge in [0.15, 0.2) is 11.6 Å². The summed E-state index contributed by atoms with van der Waals surface area (Å²) in [5.41, 5.74) is 0.691. The molecule has 0 radical (unpaired) electrons. The van der Waals surface area contributed by atoms with Crippen molar-refractivity contribution in [2.75, 3.05) is 10.6 Å². The molecule has 0 bridgehead atoms. The van der Waals surface area contributed by atoms with Gasteiger partial charge in [0.05, 0.1) is 10.7 Å². The Morgan fingerprint density at radius 3 is 2.12 bits per heavy atom. The van der Waals surface area contributed by atoms with Crippen LogP contribution in [0.15, 0.2) is 48.5 Å². The van der Waals surface area contributed by atoms with Crippen molar-refractivity contribution in [1.82, 2.24) is 0 Å². The summed E-state index contributed by atoms with van der Waals surface area (Å²) in [5, 5.41) is 5.67. The summed E-state index contributed by atoms with van der Waals surface area (Å²) in [4.78, 5) is 12.9. The first kappa shape index (κ1) is 17.0. The first-order valence-corrected chi connectivity index (χ1v) is 8.13. The summed E-state index contributed by atoms with van der Waals surface area (Å²) in [6.07, 6.45) is 0. The molecule has 25 heavy (non-hydrogen) atoms. The number of halogens is 3. The lowest BCUT2D eigenvalue weighted by Gasteiger charge is -2.09. The molecule has 0 aliphatic heterocycles. The maximum absolute atomic E-state index is 14.2. The third-order valence-corrected chi connectivity index (χ3v) is 4.36. The van der Waals surface area contributed by atoms with Crippen LogP contribution in [0.3, 0.4) is 0 Å². The standard InChI is InChI=1S/C18H13F3N2OS/c1-10-2-7-17(25-10)23-18(24)22-16-6-4-12(9-15(16)21)11-3-5-13(19)14(20)8-11/h2-9H,1H3,(H2,22,23,24). The van der Waals surface area contributed by atoms with Gasteiger partial charge in [-0.1, -0.05) is 12.1 Å². The van der Waals surface area contributed by atoms with Crippen LogP contribution in [0.1, 0.15) is 4.88 Å². The van der Waals surface area contributed by atoms with Crippen LogP contribution in [-0.2, 0) is 0 Å². The molecule has 0 saturated carbocycles. The van der Waals surface area contributed by atoms with Gasteiger partial charge in [-0.15, -0.1) is 11.3 Å². The Morgan fingerprint density at radius 1 is 0.840 bits per heavy atom. The zero-order valence-corrected chi connectivity index (χ0v) is 13.9. The molecule has 3 nitrogen and oxygen atoms in total. The third kappa shape index (κ3) is 4.00. The van der Waals surface area contributed by atoms with E-state index in [1.165, 1.54) is 29.5 Å². The second-order valence-electron chi connectivity index (χ2n) is 5.31. The average molecular weight is 362 g/mol. The first-order chi connectivity index (χ1) is 11.9. The largest absolute Gasteiger partial charge is 0.324 e. The van der Waals surface area contributed by atoms with Crippen LogP contribution < -0.4 is 10.6 Å². The number of benzene rings is 2. The number of aryl methyl sites for hydroxylation is 1. The fraction of sp³-hybridized carbons (Fsp3) is 0.0556. The summed E-state index contributed by atoms with van der Waals surface area (Å²) < 4.78 is 40.5. The molecule has 0 aliphatic rings. The Labute approximate surface area is 146 Å². The highest BCUT2D eigenvalue weighted by Gasteiger charge is 2.11. The van der Waals surface area contributed by atoms with Gasteiger partial charge in [0, 0.05) is 4.88 Å². The van der Waals surface area contributed by atoms with Crippen LogP contribution in [0.4, 0.5) is 28.7 Å². The molecular formula is C18H13F3N2OS. The summed E-state index contributed by atoms with van der Waals surface area (Å²) in [5.74, 6) is -2.66. The molecule has 2 aromatic carbocycles. The quantitative estimate of drug-likeness (QED) is 0.609. The lowest BCUT2D eigenvalue weighted by Crippen LogP contribution is -2.19. The minimum Gasteiger partial charge on any atom is -0.305 e. The fourth-order valence-corrected chi connectivity index (χ4v) is 3.00. The van der Waals surface area contributed by atoms with E-state index in [0.717, 1.165) is 23.1 Å². The molecule has 0 spiro atoms. The molecule has 128 valence electrons. The van der Waals surface area contributed by atoms with Crippen molar-refractivity contribution in [3.05, 3.63) is 70.9 Å². The Balaban J connectivity index is 1.75. The van der Waals surface area contributed by atoms with Crippen molar-refractivity contribution in [3.8, 4) is 11.1 Å². The van der Waals surface area contributed by atoms with Crippen LogP contribution in [0.2, 0.25) is 0 Å². The summed E-state index contributed by atoms with van der Waals surface area (Å²) >= 11 is 1.40. The number of anilines is 2. The lowest BCUT2D eigenvalue weighted by molar-refractivity contribution is 0.262. The van der Waals surface area contributed by atoms with Crippen molar-refractivity contribution < 1.29 is 18.0 Å². The van der Waals surface area contributed by atoms with Gasteiger partial charge in [0.2, 0.25) is 0 Å². The molecule has 0 unspecified atom stereocenters. The molecule has 2 amide bonds. The average Bonchev–Trinajstić information content (AvgIpc) is 2.97. The van der Waals surface area contributed by atoms with Crippen LogP contribution >= 0.6 is 11.3 Å². The minimum atomic E-state index is -1.01. The van der Waals surface area contributed by atoms with E-state index in [1.807, 2.05) is 13.0 Å². The van der Waals surface area contributed by atoms with E-state index in [4.69, 9.17) is 0 Å². The van der Waals surface area contributed by atoms with E-state index >= 15 is 0 Å². The van der Waals surface area contributed by atoms with Gasteiger partial charge in [-0.3, -0.25) is 5.32 Å². The number of carbonyl (C=O) groups is 1. The summed E-state index contributed by atoms with van der Waals surface area (Å²) in [7, 11) is 0. The highest BCUT2D eigenvalue weighted by atomic mass is 32.1. The topological polar surface area (TPSA) is 41.1 Å². The molecule has 0 aliphatic carbocycles. The number of rotatable bonds is 3. The van der Waals surface area contributed by atoms with Gasteiger partial charge in [-0.05, 0) is 54.4 Å². The first-order valence-electron chi connectivity index (χ1n) is 7.32. The highest BCUT2D eigenvalue weighted by Crippen LogP contribution is 2.26. The van der Waals surface area contributed by atoms with Gasteiger partial charge >= 0.3 is 6.03 Å². The van der Waals surface area contributed by atoms with Gasteiger partial charge in [-0.2, -0.15) is 0 Å². The summed E-state index contributed by atoms with van der Waals surface area (Å²) in [6, 6.07) is 10.4. The zero-order valence-electron chi connectivity index (χ0n) is 13.1. The Bertz CT molecular complexity index is 940. The SMILES string of the molecule is Cc1ccc(NC(=O)Nc2ccc(-c3ccc(F)c(F)c3)cc2F)s1. The van der Waals surface area contributed by atoms with Crippen LogP contribution in [0, 0.1) is 24.4 Å². The second kappa shape index (κ2) is 6.98. The molecule has 0 fully saturated rings. The van der Waals surface area contributed by atoms with Crippen LogP contribution in [0.5, 0.6) is 0 Å². The molecular weight excluding hydrogens is 349 g/mol. The summed E-state index contributed by atoms with van der Waals surface area (Å²) in [6.45, 7) is 1.91. The maximum atomic E-state index is 14.2. The monoisotopic (exact) mass is 362 g/mol. The van der Waals surface area contributed by atoms with Crippen LogP contribution in [0.25, 0.3) is 11.1 Å². The number of amides is 2. The van der Waals surface area contributed by atoms with E-state index in [1.54, 1.807) is 6.07 Å². The second-order valence-corrected chi connectivity index (χ2v) is 6.60. The van der Waals surface area contributed by atoms with Gasteiger partial charge in [0.25, 0.3) is 0 Å². The minimum absolute atomic E-state index is 0.0166. The molecule has 1 heterocycles. The van der Waals surface area contributed by atoms with E-state index in [0.29, 0.717) is 16.1 Å². The highest BCUT2D eigenvalue weighted by molar-refractivity contribution is 7.16. The van der Waals surface area contributed by atoms with E-state index in [2.05, 4.69) is 10.6 Å².